The summed E-state index contributed by atoms with van der Waals surface area (Å²) in [7, 11) is 1.50. The number of benzene rings is 1. The fourth-order valence-electron chi connectivity index (χ4n) is 3.80. The van der Waals surface area contributed by atoms with E-state index in [4.69, 9.17) is 10.5 Å². The number of carbonyl (C=O) groups excluding carboxylic acids is 3. The van der Waals surface area contributed by atoms with Gasteiger partial charge in [-0.15, -0.1) is 0 Å². The van der Waals surface area contributed by atoms with Crippen LogP contribution >= 0.6 is 0 Å². The number of anilines is 2. The minimum Gasteiger partial charge on any atom is -0.495 e. The number of nitrogens with zero attached hydrogens (tertiary/aromatic N) is 1. The Balaban J connectivity index is 1.68. The molecule has 2 unspecified atom stereocenters. The summed E-state index contributed by atoms with van der Waals surface area (Å²) in [4.78, 5) is 38.5. The topological polar surface area (TPSA) is 114 Å². The Labute approximate surface area is 152 Å². The standard InChI is InChI=1S/C18H24N4O4/c1-11-5-3-4-8-18(11)16(24)22(17(25)21-18)10-15(23)20-12-6-7-14(26-2)13(19)9-12/h6-7,9,11H,3-5,8,10,19H2,1-2H3,(H,20,23)(H,21,25). The van der Waals surface area contributed by atoms with Crippen LogP contribution < -0.4 is 21.1 Å². The lowest BCUT2D eigenvalue weighted by molar-refractivity contribution is -0.136. The van der Waals surface area contributed by atoms with Crippen molar-refractivity contribution in [1.82, 2.24) is 10.2 Å². The Morgan fingerprint density at radius 3 is 2.85 bits per heavy atom. The first kappa shape index (κ1) is 18.0. The lowest BCUT2D eigenvalue weighted by atomic mass is 9.73. The smallest absolute Gasteiger partial charge is 0.325 e. The number of nitrogens with two attached hydrogens (primary N) is 1. The third kappa shape index (κ3) is 3.07. The lowest BCUT2D eigenvalue weighted by Crippen LogP contribution is -2.54. The van der Waals surface area contributed by atoms with E-state index in [1.807, 2.05) is 6.92 Å². The van der Waals surface area contributed by atoms with E-state index in [1.165, 1.54) is 7.11 Å². The van der Waals surface area contributed by atoms with Gasteiger partial charge < -0.3 is 21.1 Å². The molecule has 4 N–H and O–H groups in total. The average molecular weight is 360 g/mol. The van der Waals surface area contributed by atoms with Gasteiger partial charge in [0, 0.05) is 5.69 Å². The Kier molecular flexibility index (Phi) is 4.76. The predicted molar refractivity (Wildman–Crippen MR) is 96.6 cm³/mol. The van der Waals surface area contributed by atoms with Crippen molar-refractivity contribution >= 4 is 29.2 Å². The fourth-order valence-corrected chi connectivity index (χ4v) is 3.80. The maximum Gasteiger partial charge on any atom is 0.325 e. The zero-order valence-electron chi connectivity index (χ0n) is 15.0. The summed E-state index contributed by atoms with van der Waals surface area (Å²) in [6.45, 7) is 1.64. The molecule has 0 bridgehead atoms. The van der Waals surface area contributed by atoms with Crippen molar-refractivity contribution < 1.29 is 19.1 Å². The van der Waals surface area contributed by atoms with Crippen molar-refractivity contribution in [2.24, 2.45) is 5.92 Å². The van der Waals surface area contributed by atoms with Gasteiger partial charge in [0.25, 0.3) is 5.91 Å². The van der Waals surface area contributed by atoms with Crippen LogP contribution in [0.2, 0.25) is 0 Å². The van der Waals surface area contributed by atoms with Crippen LogP contribution in [-0.4, -0.2) is 41.9 Å². The molecule has 8 nitrogen and oxygen atoms in total. The summed E-state index contributed by atoms with van der Waals surface area (Å²) in [6.07, 6.45) is 3.44. The molecule has 1 aromatic carbocycles. The molecule has 4 amide bonds. The summed E-state index contributed by atoms with van der Waals surface area (Å²) in [6, 6.07) is 4.34. The monoisotopic (exact) mass is 360 g/mol. The number of imide groups is 1. The molecule has 2 aliphatic rings. The molecule has 1 aliphatic heterocycles. The zero-order chi connectivity index (χ0) is 18.9. The minimum atomic E-state index is -0.861. The quantitative estimate of drug-likeness (QED) is 0.559. The Bertz CT molecular complexity index is 751. The van der Waals surface area contributed by atoms with E-state index in [2.05, 4.69) is 10.6 Å². The van der Waals surface area contributed by atoms with E-state index in [0.29, 0.717) is 23.5 Å². The van der Waals surface area contributed by atoms with E-state index >= 15 is 0 Å². The van der Waals surface area contributed by atoms with Crippen LogP contribution in [0.25, 0.3) is 0 Å². The summed E-state index contributed by atoms with van der Waals surface area (Å²) in [5, 5.41) is 5.49. The number of urea groups is 1. The minimum absolute atomic E-state index is 0.0575. The first-order chi connectivity index (χ1) is 12.4. The fraction of sp³-hybridized carbons (Fsp3) is 0.500. The molecule has 1 heterocycles. The van der Waals surface area contributed by atoms with Gasteiger partial charge in [0.15, 0.2) is 0 Å². The molecule has 0 aromatic heterocycles. The molecule has 1 saturated carbocycles. The van der Waals surface area contributed by atoms with Gasteiger partial charge in [0.2, 0.25) is 5.91 Å². The first-order valence-electron chi connectivity index (χ1n) is 8.75. The SMILES string of the molecule is COc1ccc(NC(=O)CN2C(=O)NC3(CCCCC3C)C2=O)cc1N. The maximum absolute atomic E-state index is 12.9. The van der Waals surface area contributed by atoms with Gasteiger partial charge in [-0.25, -0.2) is 4.79 Å². The largest absolute Gasteiger partial charge is 0.495 e. The summed E-state index contributed by atoms with van der Waals surface area (Å²) >= 11 is 0. The molecule has 1 aliphatic carbocycles. The molecule has 1 saturated heterocycles. The number of amides is 4. The molecule has 8 heteroatoms. The molecular weight excluding hydrogens is 336 g/mol. The summed E-state index contributed by atoms with van der Waals surface area (Å²) in [5.74, 6) is -0.204. The lowest BCUT2D eigenvalue weighted by Gasteiger charge is -2.36. The van der Waals surface area contributed by atoms with Gasteiger partial charge >= 0.3 is 6.03 Å². The number of nitrogen functional groups attached to an aromatic ring is 1. The highest BCUT2D eigenvalue weighted by molar-refractivity contribution is 6.10. The van der Waals surface area contributed by atoms with E-state index in [-0.39, 0.29) is 18.4 Å². The van der Waals surface area contributed by atoms with E-state index in [1.54, 1.807) is 18.2 Å². The van der Waals surface area contributed by atoms with Crippen molar-refractivity contribution in [3.8, 4) is 5.75 Å². The molecule has 2 fully saturated rings. The number of hydrogen-bond acceptors (Lipinski definition) is 5. The number of rotatable bonds is 4. The second-order valence-corrected chi connectivity index (χ2v) is 6.94. The zero-order valence-corrected chi connectivity index (χ0v) is 15.0. The maximum atomic E-state index is 12.9. The van der Waals surface area contributed by atoms with Crippen molar-refractivity contribution in [2.75, 3.05) is 24.7 Å². The van der Waals surface area contributed by atoms with Crippen molar-refractivity contribution in [1.29, 1.82) is 0 Å². The van der Waals surface area contributed by atoms with Crippen LogP contribution in [0.1, 0.15) is 32.6 Å². The van der Waals surface area contributed by atoms with Crippen molar-refractivity contribution in [3.63, 3.8) is 0 Å². The van der Waals surface area contributed by atoms with Gasteiger partial charge in [0.1, 0.15) is 17.8 Å². The van der Waals surface area contributed by atoms with Crippen LogP contribution in [0.5, 0.6) is 5.75 Å². The second-order valence-electron chi connectivity index (χ2n) is 6.94. The van der Waals surface area contributed by atoms with Crippen molar-refractivity contribution in [2.45, 2.75) is 38.1 Å². The highest BCUT2D eigenvalue weighted by Gasteiger charge is 2.55. The van der Waals surface area contributed by atoms with Gasteiger partial charge in [-0.2, -0.15) is 0 Å². The average Bonchev–Trinajstić information content (AvgIpc) is 2.83. The van der Waals surface area contributed by atoms with Crippen LogP contribution in [0, 0.1) is 5.92 Å². The third-order valence-corrected chi connectivity index (χ3v) is 5.32. The predicted octanol–water partition coefficient (Wildman–Crippen LogP) is 1.72. The van der Waals surface area contributed by atoms with E-state index < -0.39 is 17.5 Å². The number of nitrogens with one attached hydrogen (secondary N) is 2. The third-order valence-electron chi connectivity index (χ3n) is 5.32. The normalized spacial score (nSPS) is 25.3. The first-order valence-corrected chi connectivity index (χ1v) is 8.75. The summed E-state index contributed by atoms with van der Waals surface area (Å²) in [5.41, 5.74) is 5.82. The Morgan fingerprint density at radius 2 is 2.19 bits per heavy atom. The van der Waals surface area contributed by atoms with Gasteiger partial charge in [-0.05, 0) is 37.0 Å². The number of methoxy groups -OCH3 is 1. The second kappa shape index (κ2) is 6.86. The Hall–Kier alpha value is -2.77. The highest BCUT2D eigenvalue weighted by Crippen LogP contribution is 2.38. The van der Waals surface area contributed by atoms with Gasteiger partial charge in [-0.3, -0.25) is 14.5 Å². The van der Waals surface area contributed by atoms with E-state index in [0.717, 1.165) is 24.2 Å². The molecule has 26 heavy (non-hydrogen) atoms. The highest BCUT2D eigenvalue weighted by atomic mass is 16.5. The number of carbonyl (C=O) groups is 3. The molecule has 2 atom stereocenters. The molecule has 1 aromatic rings. The Morgan fingerprint density at radius 1 is 1.42 bits per heavy atom. The van der Waals surface area contributed by atoms with E-state index in [9.17, 15) is 14.4 Å². The molecular formula is C18H24N4O4. The molecule has 1 spiro atoms. The number of hydrogen-bond donors (Lipinski definition) is 3. The van der Waals surface area contributed by atoms with Gasteiger partial charge in [-0.1, -0.05) is 19.8 Å². The molecule has 140 valence electrons. The molecule has 0 radical (unpaired) electrons. The van der Waals surface area contributed by atoms with Crippen LogP contribution in [-0.2, 0) is 9.59 Å². The molecule has 3 rings (SSSR count). The van der Waals surface area contributed by atoms with Crippen LogP contribution in [0.3, 0.4) is 0 Å². The number of ether oxygens (including phenoxy) is 1. The van der Waals surface area contributed by atoms with Crippen LogP contribution in [0.15, 0.2) is 18.2 Å². The van der Waals surface area contributed by atoms with Crippen LogP contribution in [0.4, 0.5) is 16.2 Å². The van der Waals surface area contributed by atoms with Crippen molar-refractivity contribution in [3.05, 3.63) is 18.2 Å². The summed E-state index contributed by atoms with van der Waals surface area (Å²) < 4.78 is 5.07. The van der Waals surface area contributed by atoms with Gasteiger partial charge in [0.05, 0.1) is 12.8 Å².